The Balaban J connectivity index is 2.47. The molecule has 1 N–H and O–H groups in total. The Morgan fingerprint density at radius 3 is 2.46 bits per heavy atom. The maximum absolute atomic E-state index is 14.3. The molecule has 128 valence electrons. The van der Waals surface area contributed by atoms with Gasteiger partial charge in [-0.2, -0.15) is 0 Å². The molecule has 0 atom stereocenters. The van der Waals surface area contributed by atoms with Gasteiger partial charge in [-0.05, 0) is 53.8 Å². The minimum Gasteiger partial charge on any atom is -0.268 e. The van der Waals surface area contributed by atoms with Gasteiger partial charge in [-0.25, -0.2) is 17.5 Å². The number of nitrogens with one attached hydrogen (secondary N) is 1. The van der Waals surface area contributed by atoms with E-state index < -0.39 is 21.7 Å². The number of rotatable bonds is 4. The molecule has 0 aliphatic heterocycles. The molecule has 24 heavy (non-hydrogen) atoms. The molecular weight excluding hydrogens is 353 g/mol. The summed E-state index contributed by atoms with van der Waals surface area (Å²) in [5, 5.41) is 0.591. The third-order valence-electron chi connectivity index (χ3n) is 3.58. The van der Waals surface area contributed by atoms with Crippen LogP contribution in [0, 0.1) is 12.7 Å². The lowest BCUT2D eigenvalue weighted by Gasteiger charge is -2.12. The summed E-state index contributed by atoms with van der Waals surface area (Å²) < 4.78 is 38.3. The highest BCUT2D eigenvalue weighted by Crippen LogP contribution is 2.30. The first-order chi connectivity index (χ1) is 11.1. The van der Waals surface area contributed by atoms with E-state index >= 15 is 0 Å². The van der Waals surface area contributed by atoms with Gasteiger partial charge in [-0.1, -0.05) is 30.7 Å². The highest BCUT2D eigenvalue weighted by atomic mass is 35.5. The number of halogens is 2. The molecule has 0 heterocycles. The average molecular weight is 370 g/mol. The van der Waals surface area contributed by atoms with Crippen LogP contribution in [0.4, 0.5) is 4.39 Å². The van der Waals surface area contributed by atoms with Crippen LogP contribution in [0.3, 0.4) is 0 Å². The van der Waals surface area contributed by atoms with Crippen molar-refractivity contribution < 1.29 is 17.6 Å². The van der Waals surface area contributed by atoms with E-state index in [1.807, 2.05) is 19.1 Å². The van der Waals surface area contributed by atoms with Gasteiger partial charge in [-0.3, -0.25) is 4.79 Å². The van der Waals surface area contributed by atoms with E-state index in [0.717, 1.165) is 23.8 Å². The quantitative estimate of drug-likeness (QED) is 0.893. The molecular formula is C17H17ClFNO3S. The Morgan fingerprint density at radius 1 is 1.25 bits per heavy atom. The summed E-state index contributed by atoms with van der Waals surface area (Å²) in [7, 11) is -3.76. The molecule has 0 saturated heterocycles. The molecule has 0 aromatic heterocycles. The molecule has 0 fully saturated rings. The maximum Gasteiger partial charge on any atom is 0.267 e. The van der Waals surface area contributed by atoms with E-state index in [1.54, 1.807) is 17.7 Å². The van der Waals surface area contributed by atoms with E-state index in [1.165, 1.54) is 12.1 Å². The van der Waals surface area contributed by atoms with E-state index in [-0.39, 0.29) is 5.56 Å². The predicted octanol–water partition coefficient (Wildman–Crippen LogP) is 3.71. The summed E-state index contributed by atoms with van der Waals surface area (Å²) >= 11 is 6.20. The second kappa shape index (κ2) is 6.91. The van der Waals surface area contributed by atoms with E-state index in [2.05, 4.69) is 0 Å². The second-order valence-electron chi connectivity index (χ2n) is 5.51. The number of hydrogen-bond acceptors (Lipinski definition) is 3. The topological polar surface area (TPSA) is 63.2 Å². The van der Waals surface area contributed by atoms with Crippen LogP contribution in [-0.4, -0.2) is 20.6 Å². The third kappa shape index (κ3) is 4.13. The van der Waals surface area contributed by atoms with Gasteiger partial charge in [0, 0.05) is 5.02 Å². The van der Waals surface area contributed by atoms with Gasteiger partial charge in [0.15, 0.2) is 0 Å². The Bertz CT molecular complexity index is 910. The van der Waals surface area contributed by atoms with Crippen LogP contribution < -0.4 is 4.72 Å². The van der Waals surface area contributed by atoms with Crippen molar-refractivity contribution in [2.24, 2.45) is 0 Å². The molecule has 0 unspecified atom stereocenters. The minimum absolute atomic E-state index is 0.321. The molecule has 0 aliphatic rings. The maximum atomic E-state index is 14.3. The van der Waals surface area contributed by atoms with Crippen molar-refractivity contribution in [1.82, 2.24) is 4.72 Å². The predicted molar refractivity (Wildman–Crippen MR) is 93.3 cm³/mol. The number of aryl methyl sites for hydroxylation is 2. The largest absolute Gasteiger partial charge is 0.268 e. The van der Waals surface area contributed by atoms with Gasteiger partial charge in [0.2, 0.25) is 10.0 Å². The molecule has 2 rings (SSSR count). The molecule has 0 aliphatic carbocycles. The zero-order chi connectivity index (χ0) is 18.1. The first kappa shape index (κ1) is 18.4. The highest BCUT2D eigenvalue weighted by Gasteiger charge is 2.18. The molecule has 2 aromatic rings. The van der Waals surface area contributed by atoms with Crippen LogP contribution in [0.5, 0.6) is 0 Å². The summed E-state index contributed by atoms with van der Waals surface area (Å²) in [6, 6.07) is 8.00. The number of sulfonamides is 1. The van der Waals surface area contributed by atoms with Crippen molar-refractivity contribution in [3.8, 4) is 11.1 Å². The zero-order valence-corrected chi connectivity index (χ0v) is 15.1. The van der Waals surface area contributed by atoms with Crippen molar-refractivity contribution in [2.45, 2.75) is 20.3 Å². The fourth-order valence-corrected chi connectivity index (χ4v) is 3.15. The number of carbonyl (C=O) groups excluding carboxylic acids is 1. The van der Waals surface area contributed by atoms with Gasteiger partial charge in [0.05, 0.1) is 11.8 Å². The van der Waals surface area contributed by atoms with Crippen LogP contribution in [0.25, 0.3) is 11.1 Å². The van der Waals surface area contributed by atoms with E-state index in [9.17, 15) is 17.6 Å². The molecule has 4 nitrogen and oxygen atoms in total. The summed E-state index contributed by atoms with van der Waals surface area (Å²) in [4.78, 5) is 11.9. The van der Waals surface area contributed by atoms with Crippen molar-refractivity contribution >= 4 is 27.5 Å². The Labute approximate surface area is 145 Å². The van der Waals surface area contributed by atoms with Gasteiger partial charge < -0.3 is 0 Å². The van der Waals surface area contributed by atoms with Crippen molar-refractivity contribution in [2.75, 3.05) is 6.26 Å². The summed E-state index contributed by atoms with van der Waals surface area (Å²) in [5.41, 5.74) is 2.62. The van der Waals surface area contributed by atoms with E-state index in [0.29, 0.717) is 16.1 Å². The lowest BCUT2D eigenvalue weighted by Crippen LogP contribution is -2.30. The van der Waals surface area contributed by atoms with Crippen molar-refractivity contribution in [3.63, 3.8) is 0 Å². The fraction of sp³-hybridized carbons (Fsp3) is 0.235. The first-order valence-electron chi connectivity index (χ1n) is 7.23. The summed E-state index contributed by atoms with van der Waals surface area (Å²) in [5.74, 6) is -1.79. The van der Waals surface area contributed by atoms with Gasteiger partial charge in [0.1, 0.15) is 5.82 Å². The van der Waals surface area contributed by atoms with Gasteiger partial charge >= 0.3 is 0 Å². The number of benzene rings is 2. The SMILES string of the molecule is CCc1ccc(-c2cc(F)c(C(=O)NS(C)(=O)=O)cc2C)cc1Cl. The van der Waals surface area contributed by atoms with Gasteiger partial charge in [-0.15, -0.1) is 0 Å². The van der Waals surface area contributed by atoms with Crippen LogP contribution in [0.15, 0.2) is 30.3 Å². The fourth-order valence-electron chi connectivity index (χ4n) is 2.39. The molecule has 0 spiro atoms. The standard InChI is InChI=1S/C17H17ClFNO3S/c1-4-11-5-6-12(8-15(11)18)13-9-16(19)14(7-10(13)2)17(21)20-24(3,22)23/h5-9H,4H2,1-3H3,(H,20,21). The smallest absolute Gasteiger partial charge is 0.267 e. The lowest BCUT2D eigenvalue weighted by atomic mass is 9.96. The van der Waals surface area contributed by atoms with Crippen LogP contribution in [0.1, 0.15) is 28.4 Å². The van der Waals surface area contributed by atoms with Gasteiger partial charge in [0.25, 0.3) is 5.91 Å². The van der Waals surface area contributed by atoms with Crippen LogP contribution in [0.2, 0.25) is 5.02 Å². The van der Waals surface area contributed by atoms with Crippen LogP contribution >= 0.6 is 11.6 Å². The monoisotopic (exact) mass is 369 g/mol. The molecule has 0 saturated carbocycles. The zero-order valence-electron chi connectivity index (χ0n) is 13.5. The second-order valence-corrected chi connectivity index (χ2v) is 7.67. The summed E-state index contributed by atoms with van der Waals surface area (Å²) in [6.45, 7) is 3.70. The Morgan fingerprint density at radius 2 is 1.92 bits per heavy atom. The van der Waals surface area contributed by atoms with Crippen molar-refractivity contribution in [1.29, 1.82) is 0 Å². The average Bonchev–Trinajstić information content (AvgIpc) is 2.47. The molecule has 0 radical (unpaired) electrons. The van der Waals surface area contributed by atoms with Crippen molar-refractivity contribution in [3.05, 3.63) is 57.9 Å². The molecule has 0 bridgehead atoms. The van der Waals surface area contributed by atoms with Crippen LogP contribution in [-0.2, 0) is 16.4 Å². The van der Waals surface area contributed by atoms with E-state index in [4.69, 9.17) is 11.6 Å². The minimum atomic E-state index is -3.76. The Hall–Kier alpha value is -1.92. The lowest BCUT2D eigenvalue weighted by molar-refractivity contribution is 0.0977. The molecule has 1 amide bonds. The molecule has 7 heteroatoms. The highest BCUT2D eigenvalue weighted by molar-refractivity contribution is 7.89. The normalized spacial score (nSPS) is 11.4. The number of hydrogen-bond donors (Lipinski definition) is 1. The Kier molecular flexibility index (Phi) is 5.30. The third-order valence-corrected chi connectivity index (χ3v) is 4.49. The molecule has 2 aromatic carbocycles. The summed E-state index contributed by atoms with van der Waals surface area (Å²) in [6.07, 6.45) is 1.62. The number of amides is 1. The number of carbonyl (C=O) groups is 1. The first-order valence-corrected chi connectivity index (χ1v) is 9.50.